The molecule has 11 heavy (non-hydrogen) atoms. The topological polar surface area (TPSA) is 56.7 Å². The van der Waals surface area contributed by atoms with Crippen LogP contribution in [0.4, 0.5) is 5.95 Å². The molecular weight excluding hydrogens is 140 g/mol. The van der Waals surface area contributed by atoms with Crippen molar-refractivity contribution in [3.63, 3.8) is 0 Å². The van der Waals surface area contributed by atoms with Gasteiger partial charge >= 0.3 is 0 Å². The van der Waals surface area contributed by atoms with Crippen LogP contribution < -0.4 is 5.73 Å². The monoisotopic (exact) mass is 152 g/mol. The maximum Gasteiger partial charge on any atom is 0.239 e. The maximum atomic E-state index is 5.34. The molecule has 0 saturated carbocycles. The van der Waals surface area contributed by atoms with E-state index in [4.69, 9.17) is 5.73 Å². The third kappa shape index (κ3) is 1.80. The van der Waals surface area contributed by atoms with Gasteiger partial charge in [0, 0.05) is 0 Å². The molecule has 1 unspecified atom stereocenters. The van der Waals surface area contributed by atoms with Gasteiger partial charge in [-0.05, 0) is 13.3 Å². The molecule has 1 atom stereocenters. The molecular formula is C7H12N4. The van der Waals surface area contributed by atoms with Crippen molar-refractivity contribution in [3.8, 4) is 0 Å². The summed E-state index contributed by atoms with van der Waals surface area (Å²) in [5, 5.41) is 3.96. The number of hydrogen-bond acceptors (Lipinski definition) is 3. The van der Waals surface area contributed by atoms with Gasteiger partial charge in [-0.1, -0.05) is 6.08 Å². The van der Waals surface area contributed by atoms with E-state index in [1.54, 1.807) is 11.0 Å². The lowest BCUT2D eigenvalue weighted by Gasteiger charge is -2.06. The highest BCUT2D eigenvalue weighted by molar-refractivity contribution is 5.09. The molecule has 0 amide bonds. The minimum atomic E-state index is 0.289. The third-order valence-electron chi connectivity index (χ3n) is 1.49. The first-order chi connectivity index (χ1) is 5.24. The van der Waals surface area contributed by atoms with Gasteiger partial charge in [0.15, 0.2) is 0 Å². The minimum Gasteiger partial charge on any atom is -0.367 e. The number of aromatic nitrogens is 3. The van der Waals surface area contributed by atoms with Gasteiger partial charge in [0.05, 0.1) is 6.04 Å². The fourth-order valence-electron chi connectivity index (χ4n) is 0.850. The van der Waals surface area contributed by atoms with E-state index >= 15 is 0 Å². The van der Waals surface area contributed by atoms with E-state index in [9.17, 15) is 0 Å². The van der Waals surface area contributed by atoms with Gasteiger partial charge in [-0.15, -0.1) is 11.7 Å². The Labute approximate surface area is 65.7 Å². The van der Waals surface area contributed by atoms with Crippen molar-refractivity contribution in [2.75, 3.05) is 5.73 Å². The first-order valence-corrected chi connectivity index (χ1v) is 3.51. The van der Waals surface area contributed by atoms with Crippen molar-refractivity contribution in [1.29, 1.82) is 0 Å². The lowest BCUT2D eigenvalue weighted by molar-refractivity contribution is 0.497. The average molecular weight is 152 g/mol. The maximum absolute atomic E-state index is 5.34. The molecule has 0 aliphatic carbocycles. The van der Waals surface area contributed by atoms with Crippen LogP contribution in [-0.2, 0) is 0 Å². The normalized spacial score (nSPS) is 12.8. The van der Waals surface area contributed by atoms with E-state index in [0.29, 0.717) is 5.95 Å². The highest BCUT2D eigenvalue weighted by atomic mass is 15.4. The number of nitrogens with zero attached hydrogens (tertiary/aromatic N) is 3. The molecule has 0 aliphatic heterocycles. The smallest absolute Gasteiger partial charge is 0.239 e. The molecule has 1 rings (SSSR count). The van der Waals surface area contributed by atoms with Gasteiger partial charge in [0.2, 0.25) is 5.95 Å². The Morgan fingerprint density at radius 1 is 1.91 bits per heavy atom. The molecule has 0 spiro atoms. The summed E-state index contributed by atoms with van der Waals surface area (Å²) in [5.74, 6) is 0.320. The van der Waals surface area contributed by atoms with E-state index in [0.717, 1.165) is 6.42 Å². The largest absolute Gasteiger partial charge is 0.367 e. The van der Waals surface area contributed by atoms with Crippen molar-refractivity contribution < 1.29 is 0 Å². The van der Waals surface area contributed by atoms with E-state index in [2.05, 4.69) is 16.7 Å². The van der Waals surface area contributed by atoms with Crippen LogP contribution in [0.5, 0.6) is 0 Å². The Hall–Kier alpha value is -1.32. The number of rotatable bonds is 3. The fourth-order valence-corrected chi connectivity index (χ4v) is 0.850. The van der Waals surface area contributed by atoms with Gasteiger partial charge in [-0.25, -0.2) is 9.67 Å². The molecule has 60 valence electrons. The number of allylic oxidation sites excluding steroid dienone is 1. The van der Waals surface area contributed by atoms with Crippen LogP contribution in [0.3, 0.4) is 0 Å². The number of nitrogens with two attached hydrogens (primary N) is 1. The standard InChI is InChI=1S/C7H12N4/c1-3-4-6(2)11-5-9-7(8)10-11/h3,5-6H,1,4H2,2H3,(H2,8,10). The molecule has 4 heteroatoms. The molecule has 0 fully saturated rings. The zero-order chi connectivity index (χ0) is 8.27. The van der Waals surface area contributed by atoms with E-state index in [1.807, 2.05) is 13.0 Å². The van der Waals surface area contributed by atoms with E-state index in [-0.39, 0.29) is 6.04 Å². The van der Waals surface area contributed by atoms with Gasteiger partial charge in [-0.3, -0.25) is 0 Å². The van der Waals surface area contributed by atoms with Crippen molar-refractivity contribution >= 4 is 5.95 Å². The highest BCUT2D eigenvalue weighted by Gasteiger charge is 2.02. The Balaban J connectivity index is 2.67. The Morgan fingerprint density at radius 3 is 3.09 bits per heavy atom. The van der Waals surface area contributed by atoms with Gasteiger partial charge in [0.1, 0.15) is 6.33 Å². The summed E-state index contributed by atoms with van der Waals surface area (Å²) in [6.07, 6.45) is 4.36. The number of hydrogen-bond donors (Lipinski definition) is 1. The third-order valence-corrected chi connectivity index (χ3v) is 1.49. The second-order valence-electron chi connectivity index (χ2n) is 2.46. The molecule has 0 aromatic carbocycles. The van der Waals surface area contributed by atoms with Crippen LogP contribution >= 0.6 is 0 Å². The molecule has 4 nitrogen and oxygen atoms in total. The predicted octanol–water partition coefficient (Wildman–Crippen LogP) is 0.997. The van der Waals surface area contributed by atoms with Crippen LogP contribution in [0.25, 0.3) is 0 Å². The quantitative estimate of drug-likeness (QED) is 0.657. The van der Waals surface area contributed by atoms with Gasteiger partial charge in [-0.2, -0.15) is 0 Å². The van der Waals surface area contributed by atoms with E-state index < -0.39 is 0 Å². The zero-order valence-corrected chi connectivity index (χ0v) is 6.57. The van der Waals surface area contributed by atoms with Crippen LogP contribution in [0.2, 0.25) is 0 Å². The summed E-state index contributed by atoms with van der Waals surface area (Å²) in [6, 6.07) is 0.289. The average Bonchev–Trinajstić information content (AvgIpc) is 2.36. The fraction of sp³-hybridized carbons (Fsp3) is 0.429. The van der Waals surface area contributed by atoms with Crippen LogP contribution in [0, 0.1) is 0 Å². The Kier molecular flexibility index (Phi) is 2.25. The summed E-state index contributed by atoms with van der Waals surface area (Å²) < 4.78 is 1.73. The van der Waals surface area contributed by atoms with E-state index in [1.165, 1.54) is 0 Å². The van der Waals surface area contributed by atoms with Gasteiger partial charge < -0.3 is 5.73 Å². The highest BCUT2D eigenvalue weighted by Crippen LogP contribution is 2.08. The molecule has 1 heterocycles. The number of anilines is 1. The minimum absolute atomic E-state index is 0.289. The van der Waals surface area contributed by atoms with Crippen molar-refractivity contribution in [1.82, 2.24) is 14.8 Å². The molecule has 1 aromatic heterocycles. The molecule has 2 N–H and O–H groups in total. The molecule has 0 aliphatic rings. The molecule has 0 bridgehead atoms. The SMILES string of the molecule is C=CCC(C)n1cnc(N)n1. The molecule has 1 aromatic rings. The number of nitrogen functional groups attached to an aromatic ring is 1. The van der Waals surface area contributed by atoms with Crippen LogP contribution in [0.15, 0.2) is 19.0 Å². The van der Waals surface area contributed by atoms with Crippen molar-refractivity contribution in [2.45, 2.75) is 19.4 Å². The second kappa shape index (κ2) is 3.18. The van der Waals surface area contributed by atoms with Crippen LogP contribution in [0.1, 0.15) is 19.4 Å². The first kappa shape index (κ1) is 7.78. The van der Waals surface area contributed by atoms with Crippen molar-refractivity contribution in [2.24, 2.45) is 0 Å². The summed E-state index contributed by atoms with van der Waals surface area (Å²) in [7, 11) is 0. The summed E-state index contributed by atoms with van der Waals surface area (Å²) in [6.45, 7) is 5.68. The molecule has 0 saturated heterocycles. The molecule has 0 radical (unpaired) electrons. The lowest BCUT2D eigenvalue weighted by Crippen LogP contribution is -2.04. The summed E-state index contributed by atoms with van der Waals surface area (Å²) in [4.78, 5) is 3.82. The van der Waals surface area contributed by atoms with Gasteiger partial charge in [0.25, 0.3) is 0 Å². The Morgan fingerprint density at radius 2 is 2.64 bits per heavy atom. The predicted molar refractivity (Wildman–Crippen MR) is 44.0 cm³/mol. The lowest BCUT2D eigenvalue weighted by atomic mass is 10.2. The summed E-state index contributed by atoms with van der Waals surface area (Å²) >= 11 is 0. The van der Waals surface area contributed by atoms with Crippen molar-refractivity contribution in [3.05, 3.63) is 19.0 Å². The Bertz CT molecular complexity index is 240. The van der Waals surface area contributed by atoms with Crippen LogP contribution in [-0.4, -0.2) is 14.8 Å². The first-order valence-electron chi connectivity index (χ1n) is 3.51. The summed E-state index contributed by atoms with van der Waals surface area (Å²) in [5.41, 5.74) is 5.34. The second-order valence-corrected chi connectivity index (χ2v) is 2.46. The zero-order valence-electron chi connectivity index (χ0n) is 6.57.